The predicted octanol–water partition coefficient (Wildman–Crippen LogP) is 1.47. The second kappa shape index (κ2) is 16.3. The van der Waals surface area contributed by atoms with Gasteiger partial charge in [-0.05, 0) is 0 Å². The van der Waals surface area contributed by atoms with Crippen molar-refractivity contribution < 1.29 is 42.6 Å². The summed E-state index contributed by atoms with van der Waals surface area (Å²) >= 11 is 18.0. The highest BCUT2D eigenvalue weighted by atomic mass is 35.5. The van der Waals surface area contributed by atoms with E-state index in [0.29, 0.717) is 70.5 Å². The van der Waals surface area contributed by atoms with E-state index in [0.717, 1.165) is 19.8 Å². The van der Waals surface area contributed by atoms with Gasteiger partial charge in [0, 0.05) is 0 Å². The van der Waals surface area contributed by atoms with Crippen molar-refractivity contribution in [1.29, 1.82) is 0 Å². The highest BCUT2D eigenvalue weighted by Crippen LogP contribution is 2.13. The monoisotopic (exact) mass is 536 g/mol. The zero-order chi connectivity index (χ0) is 23.3. The van der Waals surface area contributed by atoms with E-state index in [2.05, 4.69) is 0 Å². The third-order valence-corrected chi connectivity index (χ3v) is 6.04. The minimum Gasteiger partial charge on any atom is -0.376 e. The molecule has 6 unspecified atom stereocenters. The molecule has 0 aliphatic carbocycles. The number of ether oxygens (including phenoxy) is 9. The molecule has 3 rings (SSSR count). The number of hydrogen-bond donors (Lipinski definition) is 0. The molecule has 0 spiro atoms. The second-order valence-electron chi connectivity index (χ2n) is 8.23. The van der Waals surface area contributed by atoms with Crippen molar-refractivity contribution in [1.82, 2.24) is 0 Å². The summed E-state index contributed by atoms with van der Waals surface area (Å²) in [5, 5.41) is 0. The molecule has 0 aromatic carbocycles. The van der Waals surface area contributed by atoms with Crippen LogP contribution >= 0.6 is 34.8 Å². The van der Waals surface area contributed by atoms with Gasteiger partial charge in [0.05, 0.1) is 109 Å². The Balaban J connectivity index is 1.36. The number of epoxide rings is 3. The molecule has 3 aliphatic rings. The summed E-state index contributed by atoms with van der Waals surface area (Å²) < 4.78 is 50.3. The van der Waals surface area contributed by atoms with Crippen molar-refractivity contribution in [3.63, 3.8) is 0 Å². The van der Waals surface area contributed by atoms with Gasteiger partial charge in [0.1, 0.15) is 24.4 Å². The molecule has 9 nitrogen and oxygen atoms in total. The maximum atomic E-state index is 6.02. The van der Waals surface area contributed by atoms with Gasteiger partial charge in [-0.1, -0.05) is 0 Å². The Morgan fingerprint density at radius 1 is 0.515 bits per heavy atom. The maximum Gasteiger partial charge on any atom is 0.104 e. The molecule has 0 aromatic rings. The van der Waals surface area contributed by atoms with E-state index >= 15 is 0 Å². The molecule has 0 saturated carbocycles. The van der Waals surface area contributed by atoms with Gasteiger partial charge in [0.2, 0.25) is 0 Å². The lowest BCUT2D eigenvalue weighted by atomic mass is 10.3. The molecule has 33 heavy (non-hydrogen) atoms. The first kappa shape index (κ1) is 28.1. The molecule has 3 heterocycles. The average molecular weight is 538 g/mol. The van der Waals surface area contributed by atoms with Crippen LogP contribution in [-0.2, 0) is 42.6 Å². The Labute approximate surface area is 210 Å². The molecule has 12 heteroatoms. The summed E-state index contributed by atoms with van der Waals surface area (Å²) in [6.07, 6.45) is -0.479. The minimum atomic E-state index is -0.332. The number of halogens is 3. The standard InChI is InChI=1S/C21H35Cl3O9/c22-1-15(27-9-19-12-31-19)4-25-6-18(30-8-17(3-24)29-11-21-14-33-21)7-26-5-16(2-23)28-10-20-13-32-20/h15-21H,1-14H2. The smallest absolute Gasteiger partial charge is 0.104 e. The Morgan fingerprint density at radius 3 is 1.18 bits per heavy atom. The topological polar surface area (TPSA) is 93.0 Å². The molecule has 0 aromatic heterocycles. The molecule has 0 amide bonds. The molecule has 3 aliphatic heterocycles. The van der Waals surface area contributed by atoms with Crippen LogP contribution in [0.5, 0.6) is 0 Å². The van der Waals surface area contributed by atoms with E-state index in [1.807, 2.05) is 0 Å². The van der Waals surface area contributed by atoms with Crippen molar-refractivity contribution >= 4 is 34.8 Å². The van der Waals surface area contributed by atoms with Crippen molar-refractivity contribution in [2.45, 2.75) is 42.7 Å². The van der Waals surface area contributed by atoms with Crippen molar-refractivity contribution in [2.24, 2.45) is 0 Å². The fourth-order valence-electron chi connectivity index (χ4n) is 2.68. The lowest BCUT2D eigenvalue weighted by Crippen LogP contribution is -2.34. The van der Waals surface area contributed by atoms with Crippen LogP contribution in [-0.4, -0.2) is 133 Å². The zero-order valence-corrected chi connectivity index (χ0v) is 21.0. The average Bonchev–Trinajstić information content (AvgIpc) is 3.68. The van der Waals surface area contributed by atoms with Gasteiger partial charge < -0.3 is 42.6 Å². The van der Waals surface area contributed by atoms with E-state index in [-0.39, 0.29) is 42.7 Å². The molecular weight excluding hydrogens is 503 g/mol. The van der Waals surface area contributed by atoms with Gasteiger partial charge in [-0.15, -0.1) is 34.8 Å². The van der Waals surface area contributed by atoms with Crippen LogP contribution in [0.4, 0.5) is 0 Å². The lowest BCUT2D eigenvalue weighted by molar-refractivity contribution is -0.108. The van der Waals surface area contributed by atoms with Gasteiger partial charge in [-0.2, -0.15) is 0 Å². The van der Waals surface area contributed by atoms with Gasteiger partial charge in [0.25, 0.3) is 0 Å². The first-order chi connectivity index (χ1) is 16.2. The van der Waals surface area contributed by atoms with Crippen LogP contribution in [0.1, 0.15) is 0 Å². The Morgan fingerprint density at radius 2 is 0.848 bits per heavy atom. The van der Waals surface area contributed by atoms with Crippen LogP contribution in [0.25, 0.3) is 0 Å². The largest absolute Gasteiger partial charge is 0.376 e. The van der Waals surface area contributed by atoms with E-state index in [1.165, 1.54) is 0 Å². The van der Waals surface area contributed by atoms with E-state index in [4.69, 9.17) is 77.4 Å². The van der Waals surface area contributed by atoms with Gasteiger partial charge >= 0.3 is 0 Å². The van der Waals surface area contributed by atoms with Crippen molar-refractivity contribution in [3.05, 3.63) is 0 Å². The van der Waals surface area contributed by atoms with E-state index in [9.17, 15) is 0 Å². The molecule has 0 radical (unpaired) electrons. The quantitative estimate of drug-likeness (QED) is 0.142. The van der Waals surface area contributed by atoms with Crippen molar-refractivity contribution in [2.75, 3.05) is 90.3 Å². The van der Waals surface area contributed by atoms with Gasteiger partial charge in [-0.3, -0.25) is 0 Å². The maximum absolute atomic E-state index is 6.02. The summed E-state index contributed by atoms with van der Waals surface area (Å²) in [4.78, 5) is 0. The van der Waals surface area contributed by atoms with Gasteiger partial charge in [0.15, 0.2) is 0 Å². The van der Waals surface area contributed by atoms with Crippen LogP contribution in [0, 0.1) is 0 Å². The van der Waals surface area contributed by atoms with Crippen LogP contribution in [0.15, 0.2) is 0 Å². The fourth-order valence-corrected chi connectivity index (χ4v) is 3.22. The molecule has 3 saturated heterocycles. The summed E-state index contributed by atoms with van der Waals surface area (Å²) in [6.45, 7) is 5.38. The van der Waals surface area contributed by atoms with E-state index < -0.39 is 0 Å². The summed E-state index contributed by atoms with van der Waals surface area (Å²) in [6, 6.07) is 0. The summed E-state index contributed by atoms with van der Waals surface area (Å²) in [7, 11) is 0. The summed E-state index contributed by atoms with van der Waals surface area (Å²) in [5.74, 6) is 0.983. The first-order valence-electron chi connectivity index (χ1n) is 11.3. The summed E-state index contributed by atoms with van der Waals surface area (Å²) in [5.41, 5.74) is 0. The SMILES string of the molecule is ClCC(COCC(COCC(CCl)OCC1CO1)OCC(CCl)OCC1CO1)OCC1CO1. The van der Waals surface area contributed by atoms with Crippen molar-refractivity contribution in [3.8, 4) is 0 Å². The van der Waals surface area contributed by atoms with Crippen LogP contribution < -0.4 is 0 Å². The highest BCUT2D eigenvalue weighted by molar-refractivity contribution is 6.18. The molecule has 0 N–H and O–H groups in total. The highest BCUT2D eigenvalue weighted by Gasteiger charge is 2.27. The zero-order valence-electron chi connectivity index (χ0n) is 18.7. The number of rotatable bonds is 23. The lowest BCUT2D eigenvalue weighted by Gasteiger charge is -2.23. The minimum absolute atomic E-state index is 0.167. The molecule has 194 valence electrons. The fraction of sp³-hybridized carbons (Fsp3) is 1.00. The Bertz CT molecular complexity index is 479. The number of alkyl halides is 3. The predicted molar refractivity (Wildman–Crippen MR) is 122 cm³/mol. The normalized spacial score (nSPS) is 27.2. The third kappa shape index (κ3) is 13.4. The van der Waals surface area contributed by atoms with Crippen LogP contribution in [0.2, 0.25) is 0 Å². The second-order valence-corrected chi connectivity index (χ2v) is 9.15. The molecule has 0 bridgehead atoms. The van der Waals surface area contributed by atoms with Gasteiger partial charge in [-0.25, -0.2) is 0 Å². The van der Waals surface area contributed by atoms with E-state index in [1.54, 1.807) is 0 Å². The molecule has 3 fully saturated rings. The molecule has 6 atom stereocenters. The third-order valence-electron chi connectivity index (χ3n) is 5.01. The van der Waals surface area contributed by atoms with Crippen LogP contribution in [0.3, 0.4) is 0 Å². The first-order valence-corrected chi connectivity index (χ1v) is 12.9. The number of hydrogen-bond acceptors (Lipinski definition) is 9. The Hall–Kier alpha value is 0.510. The Kier molecular flexibility index (Phi) is 13.9. The molecular formula is C21H35Cl3O9.